The van der Waals surface area contributed by atoms with Gasteiger partial charge in [-0.25, -0.2) is 13.4 Å². The van der Waals surface area contributed by atoms with Crippen LogP contribution in [-0.4, -0.2) is 41.6 Å². The normalized spacial score (nSPS) is 16.2. The van der Waals surface area contributed by atoms with Crippen LogP contribution in [0.3, 0.4) is 0 Å². The summed E-state index contributed by atoms with van der Waals surface area (Å²) in [5, 5.41) is 0.501. The Morgan fingerprint density at radius 2 is 1.79 bits per heavy atom. The largest absolute Gasteiger partial charge is 0.331 e. The third-order valence-corrected chi connectivity index (χ3v) is 5.78. The van der Waals surface area contributed by atoms with Crippen molar-refractivity contribution in [1.29, 1.82) is 0 Å². The molecule has 0 atom stereocenters. The molecule has 2 heterocycles. The first-order valence-corrected chi connectivity index (χ1v) is 9.66. The summed E-state index contributed by atoms with van der Waals surface area (Å²) < 4.78 is 27.3. The van der Waals surface area contributed by atoms with Crippen molar-refractivity contribution in [3.05, 3.63) is 47.6 Å². The maximum atomic E-state index is 12.4. The number of hydrogen-bond donors (Lipinski definition) is 2. The lowest BCUT2D eigenvalue weighted by Gasteiger charge is -2.25. The van der Waals surface area contributed by atoms with Gasteiger partial charge in [-0.15, -0.1) is 0 Å². The highest BCUT2D eigenvalue weighted by atomic mass is 35.5. The minimum absolute atomic E-state index is 0.179. The van der Waals surface area contributed by atoms with Crippen molar-refractivity contribution in [3.63, 3.8) is 0 Å². The molecule has 0 saturated carbocycles. The summed E-state index contributed by atoms with van der Waals surface area (Å²) in [5.74, 6) is 0.997. The number of likely N-dealkylation sites (N-methyl/N-ethyl adjacent to an activating group) is 1. The lowest BCUT2D eigenvalue weighted by molar-refractivity contribution is -0.880. The van der Waals surface area contributed by atoms with Gasteiger partial charge in [-0.3, -0.25) is 9.62 Å². The highest BCUT2D eigenvalue weighted by molar-refractivity contribution is 7.92. The summed E-state index contributed by atoms with van der Waals surface area (Å²) in [6.07, 6.45) is 1.67. The monoisotopic (exact) mass is 368 g/mol. The molecule has 1 aliphatic rings. The number of rotatable bonds is 4. The number of quaternary nitrogens is 1. The molecule has 0 radical (unpaired) electrons. The second-order valence-corrected chi connectivity index (χ2v) is 8.09. The molecule has 1 aliphatic heterocycles. The van der Waals surface area contributed by atoms with Crippen molar-refractivity contribution in [2.45, 2.75) is 4.90 Å². The average Bonchev–Trinajstić information content (AvgIpc) is 2.56. The number of hydrogen-bond acceptors (Lipinski definition) is 3. The predicted molar refractivity (Wildman–Crippen MR) is 94.1 cm³/mol. The number of nitrogens with one attached hydrogen (secondary N) is 3. The van der Waals surface area contributed by atoms with Gasteiger partial charge in [0.1, 0.15) is 32.4 Å². The van der Waals surface area contributed by atoms with E-state index in [2.05, 4.69) is 21.7 Å². The Kier molecular flexibility index (Phi) is 4.93. The van der Waals surface area contributed by atoms with Crippen LogP contribution in [0.15, 0.2) is 47.5 Å². The Balaban J connectivity index is 1.70. The van der Waals surface area contributed by atoms with Gasteiger partial charge in [0.05, 0.1) is 17.6 Å². The van der Waals surface area contributed by atoms with Crippen molar-refractivity contribution in [2.24, 2.45) is 0 Å². The topological polar surface area (TPSA) is 68.0 Å². The van der Waals surface area contributed by atoms with Crippen molar-refractivity contribution in [3.8, 4) is 0 Å². The summed E-state index contributed by atoms with van der Waals surface area (Å²) in [4.78, 5) is 7.15. The molecule has 0 aliphatic carbocycles. The number of pyridine rings is 1. The molecule has 1 saturated heterocycles. The molecule has 128 valence electrons. The van der Waals surface area contributed by atoms with Gasteiger partial charge in [0.25, 0.3) is 15.8 Å². The summed E-state index contributed by atoms with van der Waals surface area (Å²) in [6.45, 7) is 4.16. The average molecular weight is 369 g/mol. The first-order chi connectivity index (χ1) is 11.4. The summed E-state index contributed by atoms with van der Waals surface area (Å²) >= 11 is 5.80. The minimum atomic E-state index is -3.62. The predicted octanol–water partition coefficient (Wildman–Crippen LogP) is 0.290. The van der Waals surface area contributed by atoms with Crippen LogP contribution in [0.1, 0.15) is 0 Å². The van der Waals surface area contributed by atoms with E-state index in [1.165, 1.54) is 17.0 Å². The quantitative estimate of drug-likeness (QED) is 0.815. The van der Waals surface area contributed by atoms with Crippen LogP contribution < -0.4 is 19.5 Å². The van der Waals surface area contributed by atoms with Crippen LogP contribution in [0.2, 0.25) is 5.02 Å². The maximum absolute atomic E-state index is 12.4. The molecule has 3 rings (SSSR count). The number of sulfonamides is 1. The zero-order valence-electron chi connectivity index (χ0n) is 13.4. The van der Waals surface area contributed by atoms with Crippen molar-refractivity contribution in [1.82, 2.24) is 0 Å². The number of H-pyrrole nitrogens is 1. The second-order valence-electron chi connectivity index (χ2n) is 5.97. The van der Waals surface area contributed by atoms with Crippen LogP contribution in [0, 0.1) is 0 Å². The summed E-state index contributed by atoms with van der Waals surface area (Å²) in [6, 6.07) is 9.75. The van der Waals surface area contributed by atoms with Gasteiger partial charge < -0.3 is 4.90 Å². The van der Waals surface area contributed by atoms with Gasteiger partial charge in [0.2, 0.25) is 0 Å². The van der Waals surface area contributed by atoms with Crippen LogP contribution in [0.5, 0.6) is 0 Å². The smallest absolute Gasteiger partial charge is 0.274 e. The van der Waals surface area contributed by atoms with E-state index < -0.39 is 10.0 Å². The molecule has 1 aromatic heterocycles. The fourth-order valence-electron chi connectivity index (χ4n) is 2.63. The van der Waals surface area contributed by atoms with E-state index in [1.807, 2.05) is 6.07 Å². The fourth-order valence-corrected chi connectivity index (χ4v) is 3.81. The molecule has 8 heteroatoms. The van der Waals surface area contributed by atoms with Crippen LogP contribution in [-0.2, 0) is 10.0 Å². The minimum Gasteiger partial charge on any atom is -0.331 e. The Morgan fingerprint density at radius 3 is 2.38 bits per heavy atom. The molecule has 24 heavy (non-hydrogen) atoms. The van der Waals surface area contributed by atoms with Gasteiger partial charge in [-0.2, -0.15) is 0 Å². The van der Waals surface area contributed by atoms with E-state index in [4.69, 9.17) is 11.6 Å². The lowest BCUT2D eigenvalue weighted by Crippen LogP contribution is -3.12. The number of benzene rings is 1. The summed E-state index contributed by atoms with van der Waals surface area (Å²) in [5.41, 5.74) is 0.494. The molecule has 3 N–H and O–H groups in total. The van der Waals surface area contributed by atoms with E-state index in [0.29, 0.717) is 10.7 Å². The molecule has 6 nitrogen and oxygen atoms in total. The van der Waals surface area contributed by atoms with Gasteiger partial charge >= 0.3 is 0 Å². The zero-order chi connectivity index (χ0) is 17.2. The van der Waals surface area contributed by atoms with Gasteiger partial charge in [-0.05, 0) is 30.3 Å². The number of aromatic nitrogens is 1. The molecule has 1 fully saturated rings. The Morgan fingerprint density at radius 1 is 1.12 bits per heavy atom. The van der Waals surface area contributed by atoms with Crippen molar-refractivity contribution in [2.75, 3.05) is 42.8 Å². The third-order valence-electron chi connectivity index (χ3n) is 4.13. The Hall–Kier alpha value is -1.83. The second kappa shape index (κ2) is 6.96. The molecule has 1 aromatic carbocycles. The molecule has 0 amide bonds. The van der Waals surface area contributed by atoms with Crippen molar-refractivity contribution >= 4 is 33.1 Å². The van der Waals surface area contributed by atoms with Gasteiger partial charge in [-0.1, -0.05) is 11.6 Å². The zero-order valence-corrected chi connectivity index (χ0v) is 15.0. The first-order valence-electron chi connectivity index (χ1n) is 7.80. The standard InChI is InChI=1S/C16H19ClN4O2S/c1-20-8-10-21(11-9-20)16-7-4-14(12-18-16)19-24(22,23)15-5-2-13(17)3-6-15/h2-7,12,19H,8-11H2,1H3/p+2. The molecule has 0 unspecified atom stereocenters. The van der Waals surface area contributed by atoms with E-state index in [-0.39, 0.29) is 4.90 Å². The molecule has 0 spiro atoms. The van der Waals surface area contributed by atoms with E-state index in [9.17, 15) is 8.42 Å². The van der Waals surface area contributed by atoms with Crippen LogP contribution in [0.4, 0.5) is 11.5 Å². The maximum Gasteiger partial charge on any atom is 0.274 e. The van der Waals surface area contributed by atoms with Crippen molar-refractivity contribution < 1.29 is 18.3 Å². The molecule has 2 aromatic rings. The van der Waals surface area contributed by atoms with Gasteiger partial charge in [0.15, 0.2) is 0 Å². The number of nitrogens with zero attached hydrogens (tertiary/aromatic N) is 1. The summed E-state index contributed by atoms with van der Waals surface area (Å²) in [7, 11) is -1.43. The van der Waals surface area contributed by atoms with Crippen LogP contribution in [0.25, 0.3) is 0 Å². The van der Waals surface area contributed by atoms with Crippen LogP contribution >= 0.6 is 11.6 Å². The van der Waals surface area contributed by atoms with Gasteiger partial charge in [0, 0.05) is 11.1 Å². The lowest BCUT2D eigenvalue weighted by atomic mass is 10.3. The molecular formula is C16H21ClN4O2S+2. The number of halogens is 1. The number of aromatic amines is 1. The number of piperazine rings is 1. The third kappa shape index (κ3) is 3.98. The molecule has 0 bridgehead atoms. The van der Waals surface area contributed by atoms with E-state index in [0.717, 1.165) is 32.0 Å². The Labute approximate surface area is 147 Å². The number of anilines is 2. The first kappa shape index (κ1) is 17.0. The molecular weight excluding hydrogens is 348 g/mol. The fraction of sp³-hybridized carbons (Fsp3) is 0.312. The van der Waals surface area contributed by atoms with E-state index >= 15 is 0 Å². The SMILES string of the molecule is C[NH+]1CCN(c2ccc(NS(=O)(=O)c3ccc(Cl)cc3)c[nH+]2)CC1. The highest BCUT2D eigenvalue weighted by Gasteiger charge is 2.24. The van der Waals surface area contributed by atoms with E-state index in [1.54, 1.807) is 24.4 Å². The Bertz CT molecular complexity index is 786. The highest BCUT2D eigenvalue weighted by Crippen LogP contribution is 2.18.